The van der Waals surface area contributed by atoms with Gasteiger partial charge < -0.3 is 24.6 Å². The van der Waals surface area contributed by atoms with Gasteiger partial charge in [-0.05, 0) is 69.1 Å². The smallest absolute Gasteiger partial charge is 0.326 e. The molecule has 6 rings (SSSR count). The zero-order valence-corrected chi connectivity index (χ0v) is 25.3. The third-order valence-electron chi connectivity index (χ3n) is 8.97. The van der Waals surface area contributed by atoms with Crippen LogP contribution in [0.15, 0.2) is 53.7 Å². The van der Waals surface area contributed by atoms with Crippen LogP contribution in [0.3, 0.4) is 0 Å². The highest BCUT2D eigenvalue weighted by atomic mass is 19.1. The molecule has 2 aromatic carbocycles. The van der Waals surface area contributed by atoms with E-state index in [0.29, 0.717) is 11.6 Å². The quantitative estimate of drug-likeness (QED) is 0.298. The van der Waals surface area contributed by atoms with Crippen molar-refractivity contribution in [1.29, 1.82) is 0 Å². The monoisotopic (exact) mass is 603 g/mol. The number of aliphatic hydroxyl groups excluding tert-OH is 1. The number of benzene rings is 2. The van der Waals surface area contributed by atoms with E-state index < -0.39 is 5.82 Å². The Balaban J connectivity index is 1.16. The lowest BCUT2D eigenvalue weighted by molar-refractivity contribution is 0.0751. The normalized spacial score (nSPS) is 18.6. The van der Waals surface area contributed by atoms with Gasteiger partial charge in [-0.2, -0.15) is 0 Å². The number of ether oxygens (including phenoxy) is 1. The number of aromatic amines is 1. The Hall–Kier alpha value is -4.29. The fourth-order valence-electron chi connectivity index (χ4n) is 6.42. The molecule has 1 unspecified atom stereocenters. The van der Waals surface area contributed by atoms with Crippen molar-refractivity contribution < 1.29 is 19.0 Å². The van der Waals surface area contributed by atoms with Gasteiger partial charge >= 0.3 is 5.69 Å². The van der Waals surface area contributed by atoms with Gasteiger partial charge in [0.05, 0.1) is 35.9 Å². The summed E-state index contributed by atoms with van der Waals surface area (Å²) < 4.78 is 22.0. The number of aromatic nitrogens is 4. The molecule has 2 saturated heterocycles. The summed E-state index contributed by atoms with van der Waals surface area (Å²) in [5.41, 5.74) is 2.73. The number of hydrogen-bond donors (Lipinski definition) is 2. The maximum absolute atomic E-state index is 14.2. The highest BCUT2D eigenvalue weighted by molar-refractivity contribution is 5.97. The van der Waals surface area contributed by atoms with Gasteiger partial charge in [0.25, 0.3) is 5.91 Å². The zero-order valence-electron chi connectivity index (χ0n) is 25.3. The highest BCUT2D eigenvalue weighted by Gasteiger charge is 2.44. The first-order valence-corrected chi connectivity index (χ1v) is 15.0. The van der Waals surface area contributed by atoms with Crippen molar-refractivity contribution in [1.82, 2.24) is 29.3 Å². The summed E-state index contributed by atoms with van der Waals surface area (Å²) in [7, 11) is 1.68. The maximum atomic E-state index is 14.2. The van der Waals surface area contributed by atoms with Crippen molar-refractivity contribution in [2.45, 2.75) is 45.8 Å². The summed E-state index contributed by atoms with van der Waals surface area (Å²) in [5, 5.41) is 9.29. The van der Waals surface area contributed by atoms with E-state index in [-0.39, 0.29) is 47.5 Å². The fraction of sp³-hybridized carbons (Fsp3) is 0.438. The number of carbonyl (C=O) groups is 1. The summed E-state index contributed by atoms with van der Waals surface area (Å²) in [6.45, 7) is 8.25. The molecule has 44 heavy (non-hydrogen) atoms. The number of aliphatic hydroxyl groups is 1. The number of nitrogens with zero attached hydrogens (tertiary/aromatic N) is 6. The summed E-state index contributed by atoms with van der Waals surface area (Å²) in [4.78, 5) is 43.3. The molecular weight excluding hydrogens is 565 g/mol. The van der Waals surface area contributed by atoms with Crippen LogP contribution in [0.1, 0.15) is 42.6 Å². The summed E-state index contributed by atoms with van der Waals surface area (Å²) in [6, 6.07) is 9.91. The Morgan fingerprint density at radius 2 is 1.98 bits per heavy atom. The molecule has 0 aliphatic carbocycles. The van der Waals surface area contributed by atoms with Crippen molar-refractivity contribution in [2.24, 2.45) is 5.41 Å². The Morgan fingerprint density at radius 1 is 1.16 bits per heavy atom. The Kier molecular flexibility index (Phi) is 8.12. The average molecular weight is 604 g/mol. The van der Waals surface area contributed by atoms with Crippen LogP contribution in [-0.2, 0) is 13.1 Å². The molecule has 11 nitrogen and oxygen atoms in total. The molecule has 4 heterocycles. The maximum Gasteiger partial charge on any atom is 0.326 e. The third-order valence-corrected chi connectivity index (χ3v) is 8.97. The Bertz CT molecular complexity index is 1740. The number of fused-ring (bicyclic) bond motifs is 1. The van der Waals surface area contributed by atoms with E-state index in [4.69, 9.17) is 4.74 Å². The van der Waals surface area contributed by atoms with Crippen LogP contribution in [0.5, 0.6) is 11.5 Å². The van der Waals surface area contributed by atoms with Gasteiger partial charge in [0.1, 0.15) is 17.9 Å². The molecule has 0 saturated carbocycles. The number of likely N-dealkylation sites (tertiary alicyclic amines) is 1. The van der Waals surface area contributed by atoms with Gasteiger partial charge in [-0.25, -0.2) is 19.2 Å². The van der Waals surface area contributed by atoms with Crippen molar-refractivity contribution in [3.05, 3.63) is 76.4 Å². The summed E-state index contributed by atoms with van der Waals surface area (Å²) in [6.07, 6.45) is 5.13. The minimum Gasteiger partial charge on any atom is -0.451 e. The largest absolute Gasteiger partial charge is 0.451 e. The van der Waals surface area contributed by atoms with E-state index in [1.165, 1.54) is 24.5 Å². The molecule has 4 aromatic rings. The molecule has 0 bridgehead atoms. The van der Waals surface area contributed by atoms with Crippen molar-refractivity contribution in [3.63, 3.8) is 0 Å². The molecule has 12 heteroatoms. The molecule has 1 amide bonds. The molecule has 2 aromatic heterocycles. The van der Waals surface area contributed by atoms with Gasteiger partial charge in [-0.15, -0.1) is 0 Å². The zero-order chi connectivity index (χ0) is 31.0. The highest BCUT2D eigenvalue weighted by Crippen LogP contribution is 2.43. The Morgan fingerprint density at radius 3 is 2.77 bits per heavy atom. The molecule has 2 N–H and O–H groups in total. The lowest BCUT2D eigenvalue weighted by Crippen LogP contribution is -2.33. The van der Waals surface area contributed by atoms with Crippen LogP contribution < -0.4 is 15.3 Å². The first-order chi connectivity index (χ1) is 21.2. The van der Waals surface area contributed by atoms with Crippen LogP contribution in [-0.4, -0.2) is 86.2 Å². The molecule has 232 valence electrons. The molecule has 2 aliphatic heterocycles. The topological polar surface area (TPSA) is 120 Å². The van der Waals surface area contributed by atoms with E-state index in [0.717, 1.165) is 62.2 Å². The number of halogens is 1. The van der Waals surface area contributed by atoms with Crippen molar-refractivity contribution in [3.8, 4) is 11.5 Å². The number of amides is 1. The standard InChI is InChI=1S/C32H38FN7O4/c1-21(2)37(3)30(42)24-15-23(33)5-7-27(24)44-28-16-34-20-35-29(28)39-11-9-32(19-39)8-10-38(18-32)17-22-4-6-26-25(14-22)36-31(43)40(26)12-13-41/h4-7,14-16,20-21,41H,8-13,17-19H2,1-3H3,(H,36,43). The number of H-pyrrole nitrogens is 1. The van der Waals surface area contributed by atoms with E-state index >= 15 is 0 Å². The predicted octanol–water partition coefficient (Wildman–Crippen LogP) is 3.63. The van der Waals surface area contributed by atoms with Gasteiger partial charge in [0.2, 0.25) is 0 Å². The fourth-order valence-corrected chi connectivity index (χ4v) is 6.42. The number of carbonyl (C=O) groups excluding carboxylic acids is 1. The first kappa shape index (κ1) is 29.8. The molecule has 1 atom stereocenters. The second kappa shape index (κ2) is 12.0. The van der Waals surface area contributed by atoms with E-state index in [2.05, 4.69) is 24.8 Å². The SMILES string of the molecule is CC(C)N(C)C(=O)c1cc(F)ccc1Oc1cncnc1N1CCC2(CCN(Cc3ccc4c(c3)[nH]c(=O)n4CCO)C2)C1. The van der Waals surface area contributed by atoms with Crippen LogP contribution in [0.4, 0.5) is 10.2 Å². The lowest BCUT2D eigenvalue weighted by Gasteiger charge is -2.26. The van der Waals surface area contributed by atoms with Crippen molar-refractivity contribution >= 4 is 22.8 Å². The van der Waals surface area contributed by atoms with Gasteiger partial charge in [0, 0.05) is 44.7 Å². The van der Waals surface area contributed by atoms with E-state index in [9.17, 15) is 19.1 Å². The van der Waals surface area contributed by atoms with Gasteiger partial charge in [-0.3, -0.25) is 14.3 Å². The van der Waals surface area contributed by atoms with Crippen molar-refractivity contribution in [2.75, 3.05) is 44.7 Å². The molecular formula is C32H38FN7O4. The summed E-state index contributed by atoms with van der Waals surface area (Å²) in [5.74, 6) is 0.487. The minimum atomic E-state index is -0.511. The molecule has 2 fully saturated rings. The Labute approximate surface area is 254 Å². The number of rotatable bonds is 9. The van der Waals surface area contributed by atoms with Crippen LogP contribution in [0.25, 0.3) is 11.0 Å². The van der Waals surface area contributed by atoms with Crippen LogP contribution in [0.2, 0.25) is 0 Å². The minimum absolute atomic E-state index is 0.0631. The average Bonchev–Trinajstić information content (AvgIpc) is 3.70. The molecule has 2 aliphatic rings. The van der Waals surface area contributed by atoms with E-state index in [1.807, 2.05) is 32.0 Å². The molecule has 0 radical (unpaired) electrons. The second-order valence-electron chi connectivity index (χ2n) is 12.3. The lowest BCUT2D eigenvalue weighted by atomic mass is 9.86. The van der Waals surface area contributed by atoms with Gasteiger partial charge in [-0.1, -0.05) is 6.07 Å². The summed E-state index contributed by atoms with van der Waals surface area (Å²) >= 11 is 0. The van der Waals surface area contributed by atoms with Gasteiger partial charge in [0.15, 0.2) is 11.6 Å². The predicted molar refractivity (Wildman–Crippen MR) is 165 cm³/mol. The van der Waals surface area contributed by atoms with E-state index in [1.54, 1.807) is 22.7 Å². The number of nitrogens with one attached hydrogen (secondary N) is 1. The third kappa shape index (κ3) is 5.79. The second-order valence-corrected chi connectivity index (χ2v) is 12.3. The first-order valence-electron chi connectivity index (χ1n) is 15.0. The number of imidazole rings is 1. The number of anilines is 1. The molecule has 1 spiro atoms. The number of hydrogen-bond acceptors (Lipinski definition) is 8. The van der Waals surface area contributed by atoms with Crippen LogP contribution >= 0.6 is 0 Å². The van der Waals surface area contributed by atoms with Crippen LogP contribution in [0, 0.1) is 11.2 Å².